The molecule has 0 aromatic heterocycles. The number of amides is 1. The molecule has 1 heterocycles. The van der Waals surface area contributed by atoms with E-state index in [9.17, 15) is 9.18 Å². The first kappa shape index (κ1) is 21.6. The molecule has 2 aromatic rings. The lowest BCUT2D eigenvalue weighted by atomic mass is 10.0. The largest absolute Gasteiger partial charge is 0.485 e. The van der Waals surface area contributed by atoms with Crippen molar-refractivity contribution in [2.45, 2.75) is 32.6 Å². The minimum absolute atomic E-state index is 0.150. The van der Waals surface area contributed by atoms with Gasteiger partial charge in [-0.15, -0.1) is 0 Å². The number of hydrogen-bond donors (Lipinski definition) is 2. The van der Waals surface area contributed by atoms with E-state index < -0.39 is 24.3 Å². The Morgan fingerprint density at radius 3 is 2.47 bits per heavy atom. The van der Waals surface area contributed by atoms with Crippen LogP contribution >= 0.6 is 12.2 Å². The van der Waals surface area contributed by atoms with Crippen LogP contribution in [-0.2, 0) is 4.79 Å². The van der Waals surface area contributed by atoms with E-state index >= 15 is 0 Å². The second-order valence-corrected chi connectivity index (χ2v) is 7.67. The summed E-state index contributed by atoms with van der Waals surface area (Å²) < 4.78 is 19.5. The Morgan fingerprint density at radius 1 is 1.23 bits per heavy atom. The molecule has 1 saturated heterocycles. The quantitative estimate of drug-likeness (QED) is 0.432. The molecule has 30 heavy (non-hydrogen) atoms. The van der Waals surface area contributed by atoms with Gasteiger partial charge in [0.2, 0.25) is 0 Å². The van der Waals surface area contributed by atoms with Gasteiger partial charge in [0.1, 0.15) is 12.1 Å². The maximum atomic E-state index is 14.5. The number of ether oxygens (including phenoxy) is 1. The van der Waals surface area contributed by atoms with E-state index in [4.69, 9.17) is 33.7 Å². The predicted octanol–water partition coefficient (Wildman–Crippen LogP) is 3.29. The number of thiocarbonyl (C=S) groups is 1. The van der Waals surface area contributed by atoms with E-state index in [-0.39, 0.29) is 16.8 Å². The summed E-state index contributed by atoms with van der Waals surface area (Å²) in [6.07, 6.45) is -1.72. The van der Waals surface area contributed by atoms with Gasteiger partial charge >= 0.3 is 0 Å². The van der Waals surface area contributed by atoms with Gasteiger partial charge in [-0.25, -0.2) is 9.24 Å². The Balaban J connectivity index is 1.97. The van der Waals surface area contributed by atoms with Gasteiger partial charge in [-0.3, -0.25) is 9.69 Å². The fraction of sp³-hybridized carbons (Fsp3) is 0.286. The summed E-state index contributed by atoms with van der Waals surface area (Å²) in [7, 11) is 0. The van der Waals surface area contributed by atoms with Crippen molar-refractivity contribution in [3.8, 4) is 5.75 Å². The van der Waals surface area contributed by atoms with Crippen LogP contribution in [0.1, 0.15) is 19.4 Å². The number of nitrogens with zero attached hydrogens (tertiary/aromatic N) is 3. The van der Waals surface area contributed by atoms with E-state index in [1.807, 2.05) is 0 Å². The summed E-state index contributed by atoms with van der Waals surface area (Å²) >= 11 is 5.57. The van der Waals surface area contributed by atoms with Crippen molar-refractivity contribution in [1.82, 2.24) is 0 Å². The zero-order valence-electron chi connectivity index (χ0n) is 16.6. The van der Waals surface area contributed by atoms with Crippen molar-refractivity contribution in [2.75, 3.05) is 16.4 Å². The van der Waals surface area contributed by atoms with E-state index in [0.29, 0.717) is 22.6 Å². The Kier molecular flexibility index (Phi) is 5.76. The van der Waals surface area contributed by atoms with Gasteiger partial charge in [0, 0.05) is 17.4 Å². The first-order valence-electron chi connectivity index (χ1n) is 9.03. The molecule has 156 valence electrons. The molecule has 7 nitrogen and oxygen atoms in total. The van der Waals surface area contributed by atoms with Crippen LogP contribution in [0.15, 0.2) is 36.4 Å². The molecule has 2 N–H and O–H groups in total. The van der Waals surface area contributed by atoms with Crippen molar-refractivity contribution in [3.63, 3.8) is 0 Å². The zero-order chi connectivity index (χ0) is 22.2. The predicted molar refractivity (Wildman–Crippen MR) is 114 cm³/mol. The minimum Gasteiger partial charge on any atom is -0.485 e. The average molecular weight is 429 g/mol. The van der Waals surface area contributed by atoms with Crippen LogP contribution in [0.4, 0.5) is 21.5 Å². The van der Waals surface area contributed by atoms with E-state index in [0.717, 1.165) is 0 Å². The first-order valence-corrected chi connectivity index (χ1v) is 9.44. The monoisotopic (exact) mass is 429 g/mol. The Hall–Kier alpha value is -3.06. The van der Waals surface area contributed by atoms with E-state index in [1.165, 1.54) is 17.0 Å². The van der Waals surface area contributed by atoms with Gasteiger partial charge < -0.3 is 19.8 Å². The molecule has 0 radical (unpaired) electrons. The maximum Gasteiger partial charge on any atom is 0.259 e. The molecule has 0 aliphatic carbocycles. The molecule has 3 rings (SSSR count). The fourth-order valence-electron chi connectivity index (χ4n) is 3.27. The SMILES string of the molecule is [C-]#[N+]c1ccc(N2C(=O)C(C)(C)N(c3ccc(OCC(O)O)c(F)c3)C2=S)cc1C. The van der Waals surface area contributed by atoms with Gasteiger partial charge in [-0.1, -0.05) is 6.07 Å². The third-order valence-corrected chi connectivity index (χ3v) is 5.15. The molecule has 0 saturated carbocycles. The van der Waals surface area contributed by atoms with Crippen LogP contribution in [0.3, 0.4) is 0 Å². The zero-order valence-corrected chi connectivity index (χ0v) is 17.4. The first-order chi connectivity index (χ1) is 14.1. The standard InChI is InChI=1S/C21H20FN3O4S/c1-12-9-13(5-7-16(12)23-4)24-19(28)21(2,3)25(20(24)30)14-6-8-17(15(22)10-14)29-11-18(26)27/h5-10,18,26-27H,11H2,1-3H3. The number of anilines is 2. The fourth-order valence-corrected chi connectivity index (χ4v) is 3.79. The molecule has 1 aliphatic rings. The van der Waals surface area contributed by atoms with Gasteiger partial charge in [-0.2, -0.15) is 0 Å². The van der Waals surface area contributed by atoms with E-state index in [1.54, 1.807) is 49.9 Å². The molecule has 2 aromatic carbocycles. The number of hydrogen-bond acceptors (Lipinski definition) is 5. The Morgan fingerprint density at radius 2 is 1.90 bits per heavy atom. The number of carbonyl (C=O) groups is 1. The molecular weight excluding hydrogens is 409 g/mol. The lowest BCUT2D eigenvalue weighted by molar-refractivity contribution is -0.120. The molecule has 1 fully saturated rings. The number of aliphatic hydroxyl groups is 2. The van der Waals surface area contributed by atoms with Crippen LogP contribution in [0.5, 0.6) is 5.75 Å². The average Bonchev–Trinajstić information content (AvgIpc) is 2.85. The normalized spacial score (nSPS) is 15.7. The molecule has 1 amide bonds. The summed E-state index contributed by atoms with van der Waals surface area (Å²) in [4.78, 5) is 19.5. The summed E-state index contributed by atoms with van der Waals surface area (Å²) in [6, 6.07) is 9.06. The molecule has 9 heteroatoms. The van der Waals surface area contributed by atoms with Crippen molar-refractivity contribution in [1.29, 1.82) is 0 Å². The summed E-state index contributed by atoms with van der Waals surface area (Å²) in [6.45, 7) is 11.9. The molecular formula is C21H20FN3O4S. The third kappa shape index (κ3) is 3.73. The maximum absolute atomic E-state index is 14.5. The van der Waals surface area contributed by atoms with Crippen molar-refractivity contribution in [2.24, 2.45) is 0 Å². The van der Waals surface area contributed by atoms with Gasteiger partial charge in [0.25, 0.3) is 5.91 Å². The number of carbonyl (C=O) groups excluding carboxylic acids is 1. The van der Waals surface area contributed by atoms with E-state index in [2.05, 4.69) is 4.85 Å². The third-order valence-electron chi connectivity index (χ3n) is 4.79. The van der Waals surface area contributed by atoms with Gasteiger partial charge in [0.05, 0.1) is 6.57 Å². The van der Waals surface area contributed by atoms with Gasteiger partial charge in [0.15, 0.2) is 28.7 Å². The van der Waals surface area contributed by atoms with Crippen LogP contribution in [0.2, 0.25) is 0 Å². The lowest BCUT2D eigenvalue weighted by Gasteiger charge is -2.29. The number of benzene rings is 2. The molecule has 0 atom stereocenters. The van der Waals surface area contributed by atoms with Gasteiger partial charge in [-0.05, 0) is 62.8 Å². The summed E-state index contributed by atoms with van der Waals surface area (Å²) in [5.41, 5.74) is 0.998. The lowest BCUT2D eigenvalue weighted by Crippen LogP contribution is -2.44. The highest BCUT2D eigenvalue weighted by molar-refractivity contribution is 7.81. The van der Waals surface area contributed by atoms with Crippen LogP contribution < -0.4 is 14.5 Å². The second kappa shape index (κ2) is 7.99. The number of aryl methyl sites for hydroxylation is 1. The second-order valence-electron chi connectivity index (χ2n) is 7.31. The summed E-state index contributed by atoms with van der Waals surface area (Å²) in [5, 5.41) is 17.9. The summed E-state index contributed by atoms with van der Waals surface area (Å²) in [5.74, 6) is -1.16. The van der Waals surface area contributed by atoms with Crippen LogP contribution in [0, 0.1) is 19.3 Å². The highest BCUT2D eigenvalue weighted by Gasteiger charge is 2.50. The Bertz CT molecular complexity index is 1060. The van der Waals surface area contributed by atoms with Crippen molar-refractivity contribution < 1.29 is 24.1 Å². The topological polar surface area (TPSA) is 77.6 Å². The Labute approximate surface area is 178 Å². The highest BCUT2D eigenvalue weighted by atomic mass is 32.1. The number of halogens is 1. The van der Waals surface area contributed by atoms with Crippen molar-refractivity contribution >= 4 is 40.3 Å². The molecule has 1 aliphatic heterocycles. The number of aliphatic hydroxyl groups excluding tert-OH is 1. The van der Waals surface area contributed by atoms with Crippen LogP contribution in [0.25, 0.3) is 4.85 Å². The molecule has 0 unspecified atom stereocenters. The van der Waals surface area contributed by atoms with Crippen molar-refractivity contribution in [3.05, 3.63) is 59.2 Å². The molecule has 0 bridgehead atoms. The molecule has 0 spiro atoms. The van der Waals surface area contributed by atoms with Crippen LogP contribution in [-0.4, -0.2) is 39.7 Å². The minimum atomic E-state index is -1.72. The highest BCUT2D eigenvalue weighted by Crippen LogP contribution is 2.38. The smallest absolute Gasteiger partial charge is 0.259 e. The number of rotatable bonds is 5.